The number of benzene rings is 1. The Hall–Kier alpha value is -1.51. The van der Waals surface area contributed by atoms with Crippen molar-refractivity contribution in [3.05, 3.63) is 29.3 Å². The van der Waals surface area contributed by atoms with Crippen molar-refractivity contribution in [3.63, 3.8) is 0 Å². The first kappa shape index (κ1) is 12.6. The fraction of sp³-hybridized carbons (Fsp3) is 0.462. The molecule has 0 aromatic heterocycles. The molecule has 3 heteroatoms. The summed E-state index contributed by atoms with van der Waals surface area (Å²) in [4.78, 5) is 11.0. The van der Waals surface area contributed by atoms with Crippen LogP contribution in [0.15, 0.2) is 18.2 Å². The zero-order valence-electron chi connectivity index (χ0n) is 9.99. The van der Waals surface area contributed by atoms with Crippen LogP contribution in [0, 0.1) is 0 Å². The second kappa shape index (κ2) is 5.54. The quantitative estimate of drug-likeness (QED) is 0.833. The van der Waals surface area contributed by atoms with Crippen LogP contribution in [-0.4, -0.2) is 17.7 Å². The van der Waals surface area contributed by atoms with Crippen LogP contribution >= 0.6 is 0 Å². The molecule has 1 N–H and O–H groups in total. The van der Waals surface area contributed by atoms with E-state index in [1.54, 1.807) is 6.92 Å². The van der Waals surface area contributed by atoms with E-state index in [0.29, 0.717) is 6.61 Å². The summed E-state index contributed by atoms with van der Waals surface area (Å²) in [7, 11) is 0. The van der Waals surface area contributed by atoms with Crippen LogP contribution in [0.5, 0.6) is 5.75 Å². The van der Waals surface area contributed by atoms with Crippen LogP contribution in [0.25, 0.3) is 0 Å². The molecule has 0 heterocycles. The molecular formula is C13H18O3. The van der Waals surface area contributed by atoms with Crippen molar-refractivity contribution in [2.75, 3.05) is 6.61 Å². The monoisotopic (exact) mass is 222 g/mol. The highest BCUT2D eigenvalue weighted by Gasteiger charge is 2.17. The van der Waals surface area contributed by atoms with Gasteiger partial charge in [0.25, 0.3) is 0 Å². The Morgan fingerprint density at radius 2 is 2.12 bits per heavy atom. The Bertz CT molecular complexity index is 371. The first-order chi connectivity index (χ1) is 7.60. The molecule has 0 fully saturated rings. The summed E-state index contributed by atoms with van der Waals surface area (Å²) >= 11 is 0. The smallest absolute Gasteiger partial charge is 0.310 e. The largest absolute Gasteiger partial charge is 0.494 e. The standard InChI is InChI=1S/C13H18O3/c1-4-10-6-7-11(16-5-2)8-12(10)9(3)13(14)15/h6-9H,4-5H2,1-3H3,(H,14,15). The third-order valence-electron chi connectivity index (χ3n) is 2.65. The Balaban J connectivity index is 3.11. The fourth-order valence-corrected chi connectivity index (χ4v) is 1.69. The third kappa shape index (κ3) is 2.75. The van der Waals surface area contributed by atoms with Crippen LogP contribution in [0.3, 0.4) is 0 Å². The van der Waals surface area contributed by atoms with E-state index in [9.17, 15) is 4.79 Å². The fourth-order valence-electron chi connectivity index (χ4n) is 1.69. The summed E-state index contributed by atoms with van der Waals surface area (Å²) in [6, 6.07) is 5.67. The highest BCUT2D eigenvalue weighted by molar-refractivity contribution is 5.76. The highest BCUT2D eigenvalue weighted by Crippen LogP contribution is 2.25. The molecule has 0 saturated carbocycles. The van der Waals surface area contributed by atoms with E-state index >= 15 is 0 Å². The molecule has 0 aliphatic rings. The molecule has 1 rings (SSSR count). The molecular weight excluding hydrogens is 204 g/mol. The Labute approximate surface area is 96.1 Å². The summed E-state index contributed by atoms with van der Waals surface area (Å²) in [5.41, 5.74) is 1.92. The van der Waals surface area contributed by atoms with E-state index < -0.39 is 11.9 Å². The van der Waals surface area contributed by atoms with Gasteiger partial charge in [0.05, 0.1) is 12.5 Å². The first-order valence-corrected chi connectivity index (χ1v) is 5.58. The predicted octanol–water partition coefficient (Wildman–Crippen LogP) is 2.84. The SMILES string of the molecule is CCOc1ccc(CC)c(C(C)C(=O)O)c1. The third-order valence-corrected chi connectivity index (χ3v) is 2.65. The van der Waals surface area contributed by atoms with E-state index in [0.717, 1.165) is 23.3 Å². The van der Waals surface area contributed by atoms with Crippen molar-refractivity contribution in [2.45, 2.75) is 33.1 Å². The summed E-state index contributed by atoms with van der Waals surface area (Å²) in [5.74, 6) is -0.554. The van der Waals surface area contributed by atoms with Crippen molar-refractivity contribution in [1.82, 2.24) is 0 Å². The van der Waals surface area contributed by atoms with Crippen molar-refractivity contribution < 1.29 is 14.6 Å². The van der Waals surface area contributed by atoms with Crippen molar-refractivity contribution in [2.24, 2.45) is 0 Å². The van der Waals surface area contributed by atoms with Gasteiger partial charge in [-0.2, -0.15) is 0 Å². The average Bonchev–Trinajstić information content (AvgIpc) is 2.28. The molecule has 0 bridgehead atoms. The molecule has 0 radical (unpaired) electrons. The minimum absolute atomic E-state index is 0.490. The van der Waals surface area contributed by atoms with Gasteiger partial charge in [-0.25, -0.2) is 0 Å². The van der Waals surface area contributed by atoms with Gasteiger partial charge in [0.15, 0.2) is 0 Å². The molecule has 0 aliphatic carbocycles. The second-order valence-corrected chi connectivity index (χ2v) is 3.71. The van der Waals surface area contributed by atoms with Gasteiger partial charge in [0.1, 0.15) is 5.75 Å². The predicted molar refractivity (Wildman–Crippen MR) is 63.0 cm³/mol. The topological polar surface area (TPSA) is 46.5 Å². The molecule has 16 heavy (non-hydrogen) atoms. The highest BCUT2D eigenvalue weighted by atomic mass is 16.5. The second-order valence-electron chi connectivity index (χ2n) is 3.71. The van der Waals surface area contributed by atoms with E-state index in [1.165, 1.54) is 0 Å². The minimum atomic E-state index is -0.802. The molecule has 0 amide bonds. The lowest BCUT2D eigenvalue weighted by Crippen LogP contribution is -2.10. The van der Waals surface area contributed by atoms with Crippen LogP contribution < -0.4 is 4.74 Å². The van der Waals surface area contributed by atoms with Gasteiger partial charge in [-0.15, -0.1) is 0 Å². The number of hydrogen-bond donors (Lipinski definition) is 1. The maximum Gasteiger partial charge on any atom is 0.310 e. The van der Waals surface area contributed by atoms with Crippen molar-refractivity contribution in [1.29, 1.82) is 0 Å². The lowest BCUT2D eigenvalue weighted by Gasteiger charge is -2.14. The molecule has 0 aliphatic heterocycles. The number of carbonyl (C=O) groups is 1. The van der Waals surface area contributed by atoms with Crippen LogP contribution in [-0.2, 0) is 11.2 Å². The molecule has 3 nitrogen and oxygen atoms in total. The van der Waals surface area contributed by atoms with Gasteiger partial charge in [-0.1, -0.05) is 13.0 Å². The summed E-state index contributed by atoms with van der Waals surface area (Å²) < 4.78 is 5.38. The average molecular weight is 222 g/mol. The summed E-state index contributed by atoms with van der Waals surface area (Å²) in [5, 5.41) is 9.04. The van der Waals surface area contributed by atoms with Gasteiger partial charge in [0, 0.05) is 0 Å². The first-order valence-electron chi connectivity index (χ1n) is 5.58. The van der Waals surface area contributed by atoms with Crippen LogP contribution in [0.2, 0.25) is 0 Å². The molecule has 1 aromatic carbocycles. The number of carboxylic acids is 1. The zero-order valence-corrected chi connectivity index (χ0v) is 9.99. The maximum atomic E-state index is 11.0. The van der Waals surface area contributed by atoms with E-state index in [-0.39, 0.29) is 0 Å². The Kier molecular flexibility index (Phi) is 4.35. The van der Waals surface area contributed by atoms with Gasteiger partial charge < -0.3 is 9.84 Å². The summed E-state index contributed by atoms with van der Waals surface area (Å²) in [6.07, 6.45) is 0.833. The molecule has 1 atom stereocenters. The van der Waals surface area contributed by atoms with Crippen LogP contribution in [0.4, 0.5) is 0 Å². The maximum absolute atomic E-state index is 11.0. The molecule has 0 spiro atoms. The Morgan fingerprint density at radius 3 is 2.62 bits per heavy atom. The number of carboxylic acid groups (broad SMARTS) is 1. The number of rotatable bonds is 5. The zero-order chi connectivity index (χ0) is 12.1. The number of aryl methyl sites for hydroxylation is 1. The van der Waals surface area contributed by atoms with E-state index in [1.807, 2.05) is 32.0 Å². The van der Waals surface area contributed by atoms with Gasteiger partial charge >= 0.3 is 5.97 Å². The number of ether oxygens (including phenoxy) is 1. The van der Waals surface area contributed by atoms with E-state index in [4.69, 9.17) is 9.84 Å². The molecule has 0 saturated heterocycles. The minimum Gasteiger partial charge on any atom is -0.494 e. The summed E-state index contributed by atoms with van der Waals surface area (Å²) in [6.45, 7) is 6.22. The van der Waals surface area contributed by atoms with Crippen molar-refractivity contribution in [3.8, 4) is 5.75 Å². The lowest BCUT2D eigenvalue weighted by molar-refractivity contribution is -0.138. The lowest BCUT2D eigenvalue weighted by atomic mass is 9.94. The van der Waals surface area contributed by atoms with Gasteiger partial charge in [-0.3, -0.25) is 4.79 Å². The molecule has 1 aromatic rings. The Morgan fingerprint density at radius 1 is 1.44 bits per heavy atom. The number of aliphatic carboxylic acids is 1. The van der Waals surface area contributed by atoms with Gasteiger partial charge in [0.2, 0.25) is 0 Å². The number of hydrogen-bond acceptors (Lipinski definition) is 2. The van der Waals surface area contributed by atoms with Gasteiger partial charge in [-0.05, 0) is 43.5 Å². The normalized spacial score (nSPS) is 12.2. The molecule has 1 unspecified atom stereocenters. The van der Waals surface area contributed by atoms with E-state index in [2.05, 4.69) is 0 Å². The molecule has 88 valence electrons. The van der Waals surface area contributed by atoms with Crippen molar-refractivity contribution >= 4 is 5.97 Å². The van der Waals surface area contributed by atoms with Crippen LogP contribution in [0.1, 0.15) is 37.8 Å².